The molecule has 1 atom stereocenters. The Kier molecular flexibility index (Phi) is 4.57. The molecule has 0 saturated carbocycles. The van der Waals surface area contributed by atoms with E-state index >= 15 is 0 Å². The summed E-state index contributed by atoms with van der Waals surface area (Å²) in [6, 6.07) is 10.7. The minimum atomic E-state index is 0.615. The van der Waals surface area contributed by atoms with Crippen molar-refractivity contribution in [3.63, 3.8) is 0 Å². The minimum absolute atomic E-state index is 0.615. The lowest BCUT2D eigenvalue weighted by Gasteiger charge is -2.32. The highest BCUT2D eigenvalue weighted by molar-refractivity contribution is 5.30. The molecule has 6 heteroatoms. The van der Waals surface area contributed by atoms with E-state index in [4.69, 9.17) is 0 Å². The summed E-state index contributed by atoms with van der Waals surface area (Å²) in [6.45, 7) is 3.29. The van der Waals surface area contributed by atoms with Crippen molar-refractivity contribution in [3.8, 4) is 5.69 Å². The zero-order chi connectivity index (χ0) is 14.5. The van der Waals surface area contributed by atoms with Gasteiger partial charge in [-0.15, -0.1) is 5.10 Å². The molecule has 0 radical (unpaired) electrons. The van der Waals surface area contributed by atoms with Crippen LogP contribution >= 0.6 is 0 Å². The number of hydrogen-bond donors (Lipinski definition) is 1. The van der Waals surface area contributed by atoms with Crippen LogP contribution in [0.15, 0.2) is 30.3 Å². The summed E-state index contributed by atoms with van der Waals surface area (Å²) in [5.41, 5.74) is 1.02. The number of nitrogens with one attached hydrogen (secondary N) is 1. The smallest absolute Gasteiger partial charge is 0.157 e. The Hall–Kier alpha value is -1.79. The minimum Gasteiger partial charge on any atom is -0.316 e. The maximum absolute atomic E-state index is 4.18. The van der Waals surface area contributed by atoms with E-state index < -0.39 is 0 Å². The molecule has 2 aromatic rings. The Bertz CT molecular complexity index is 552. The fourth-order valence-electron chi connectivity index (χ4n) is 2.88. The van der Waals surface area contributed by atoms with E-state index in [1.807, 2.05) is 42.1 Å². The molecule has 1 saturated heterocycles. The van der Waals surface area contributed by atoms with Gasteiger partial charge in [0.1, 0.15) is 0 Å². The third-order valence-electron chi connectivity index (χ3n) is 4.10. The monoisotopic (exact) mass is 286 g/mol. The van der Waals surface area contributed by atoms with E-state index in [9.17, 15) is 0 Å². The number of aromatic nitrogens is 4. The molecule has 1 unspecified atom stereocenters. The van der Waals surface area contributed by atoms with Gasteiger partial charge in [-0.25, -0.2) is 0 Å². The number of para-hydroxylation sites is 1. The fraction of sp³-hybridized carbons (Fsp3) is 0.533. The highest BCUT2D eigenvalue weighted by Gasteiger charge is 2.19. The summed E-state index contributed by atoms with van der Waals surface area (Å²) >= 11 is 0. The Morgan fingerprint density at radius 1 is 1.29 bits per heavy atom. The van der Waals surface area contributed by atoms with Crippen molar-refractivity contribution in [2.24, 2.45) is 0 Å². The molecule has 0 spiro atoms. The molecule has 0 amide bonds. The molecule has 6 nitrogen and oxygen atoms in total. The number of piperidine rings is 1. The maximum Gasteiger partial charge on any atom is 0.157 e. The van der Waals surface area contributed by atoms with Gasteiger partial charge in [-0.1, -0.05) is 18.2 Å². The Morgan fingerprint density at radius 2 is 2.14 bits per heavy atom. The van der Waals surface area contributed by atoms with E-state index in [1.165, 1.54) is 19.4 Å². The molecule has 1 aromatic heterocycles. The number of likely N-dealkylation sites (N-methyl/N-ethyl adjacent to an activating group) is 1. The second-order valence-electron chi connectivity index (χ2n) is 5.52. The first-order valence-electron chi connectivity index (χ1n) is 7.59. The van der Waals surface area contributed by atoms with Crippen molar-refractivity contribution in [2.75, 3.05) is 26.7 Å². The molecule has 1 aliphatic heterocycles. The summed E-state index contributed by atoms with van der Waals surface area (Å²) in [7, 11) is 2.05. The normalized spacial score (nSPS) is 19.8. The maximum atomic E-state index is 4.18. The van der Waals surface area contributed by atoms with Gasteiger partial charge in [0.25, 0.3) is 0 Å². The van der Waals surface area contributed by atoms with Gasteiger partial charge in [-0.3, -0.25) is 0 Å². The number of benzene rings is 1. The fourth-order valence-corrected chi connectivity index (χ4v) is 2.88. The molecule has 1 aliphatic rings. The molecule has 112 valence electrons. The SMILES string of the molecule is CNC1CCCN(CCc2nnnn2-c2ccccc2)C1. The molecule has 3 rings (SSSR count). The van der Waals surface area contributed by atoms with Crippen LogP contribution in [0, 0.1) is 0 Å². The van der Waals surface area contributed by atoms with Crippen molar-refractivity contribution in [2.45, 2.75) is 25.3 Å². The van der Waals surface area contributed by atoms with E-state index in [0.29, 0.717) is 6.04 Å². The molecule has 1 aromatic carbocycles. The lowest BCUT2D eigenvalue weighted by molar-refractivity contribution is 0.196. The topological polar surface area (TPSA) is 58.9 Å². The molecule has 21 heavy (non-hydrogen) atoms. The Balaban J connectivity index is 1.63. The van der Waals surface area contributed by atoms with Crippen molar-refractivity contribution in [1.29, 1.82) is 0 Å². The van der Waals surface area contributed by atoms with Crippen LogP contribution in [0.5, 0.6) is 0 Å². The van der Waals surface area contributed by atoms with Crippen LogP contribution in [0.1, 0.15) is 18.7 Å². The van der Waals surface area contributed by atoms with Crippen molar-refractivity contribution in [1.82, 2.24) is 30.4 Å². The van der Waals surface area contributed by atoms with Crippen molar-refractivity contribution >= 4 is 0 Å². The van der Waals surface area contributed by atoms with Crippen LogP contribution in [-0.4, -0.2) is 57.8 Å². The zero-order valence-corrected chi connectivity index (χ0v) is 12.4. The van der Waals surface area contributed by atoms with Crippen LogP contribution in [0.3, 0.4) is 0 Å². The predicted molar refractivity (Wildman–Crippen MR) is 81.4 cm³/mol. The highest BCUT2D eigenvalue weighted by Crippen LogP contribution is 2.12. The second-order valence-corrected chi connectivity index (χ2v) is 5.52. The summed E-state index contributed by atoms with van der Waals surface area (Å²) < 4.78 is 1.83. The highest BCUT2D eigenvalue weighted by atomic mass is 15.5. The average molecular weight is 286 g/mol. The van der Waals surface area contributed by atoms with Crippen LogP contribution in [-0.2, 0) is 6.42 Å². The van der Waals surface area contributed by atoms with Crippen LogP contribution < -0.4 is 5.32 Å². The average Bonchev–Trinajstić information content (AvgIpc) is 3.02. The van der Waals surface area contributed by atoms with Gasteiger partial charge in [0.2, 0.25) is 0 Å². The van der Waals surface area contributed by atoms with Gasteiger partial charge in [0.15, 0.2) is 5.82 Å². The molecule has 0 aliphatic carbocycles. The summed E-state index contributed by atoms with van der Waals surface area (Å²) in [6.07, 6.45) is 3.40. The van der Waals surface area contributed by atoms with Gasteiger partial charge < -0.3 is 10.2 Å². The summed E-state index contributed by atoms with van der Waals surface area (Å²) in [4.78, 5) is 2.49. The predicted octanol–water partition coefficient (Wildman–Crippen LogP) is 0.889. The largest absolute Gasteiger partial charge is 0.316 e. The van der Waals surface area contributed by atoms with Gasteiger partial charge in [-0.2, -0.15) is 4.68 Å². The molecular weight excluding hydrogens is 264 g/mol. The van der Waals surface area contributed by atoms with Crippen LogP contribution in [0.4, 0.5) is 0 Å². The Labute approximate surface area is 125 Å². The van der Waals surface area contributed by atoms with Gasteiger partial charge in [0.05, 0.1) is 5.69 Å². The van der Waals surface area contributed by atoms with E-state index in [2.05, 4.69) is 25.7 Å². The Morgan fingerprint density at radius 3 is 2.95 bits per heavy atom. The van der Waals surface area contributed by atoms with E-state index in [0.717, 1.165) is 31.0 Å². The number of rotatable bonds is 5. The van der Waals surface area contributed by atoms with Crippen molar-refractivity contribution < 1.29 is 0 Å². The molecule has 2 heterocycles. The number of likely N-dealkylation sites (tertiary alicyclic amines) is 1. The first-order valence-corrected chi connectivity index (χ1v) is 7.59. The first-order chi connectivity index (χ1) is 10.4. The standard InChI is InChI=1S/C15H22N6/c1-16-13-6-5-10-20(12-13)11-9-15-17-18-19-21(15)14-7-3-2-4-8-14/h2-4,7-8,13,16H,5-6,9-12H2,1H3. The van der Waals surface area contributed by atoms with Crippen molar-refractivity contribution in [3.05, 3.63) is 36.2 Å². The van der Waals surface area contributed by atoms with Crippen LogP contribution in [0.2, 0.25) is 0 Å². The zero-order valence-electron chi connectivity index (χ0n) is 12.4. The quantitative estimate of drug-likeness (QED) is 0.884. The van der Waals surface area contributed by atoms with Gasteiger partial charge in [0, 0.05) is 25.6 Å². The molecular formula is C15H22N6. The lowest BCUT2D eigenvalue weighted by Crippen LogP contribution is -2.45. The molecule has 1 N–H and O–H groups in total. The molecule has 0 bridgehead atoms. The molecule has 1 fully saturated rings. The number of nitrogens with zero attached hydrogens (tertiary/aromatic N) is 5. The van der Waals surface area contributed by atoms with E-state index in [1.54, 1.807) is 0 Å². The second kappa shape index (κ2) is 6.78. The number of hydrogen-bond acceptors (Lipinski definition) is 5. The third kappa shape index (κ3) is 3.46. The third-order valence-corrected chi connectivity index (χ3v) is 4.10. The van der Waals surface area contributed by atoms with Gasteiger partial charge >= 0.3 is 0 Å². The summed E-state index contributed by atoms with van der Waals surface area (Å²) in [5.74, 6) is 0.924. The summed E-state index contributed by atoms with van der Waals surface area (Å²) in [5, 5.41) is 15.5. The van der Waals surface area contributed by atoms with Crippen LogP contribution in [0.25, 0.3) is 5.69 Å². The number of tetrazole rings is 1. The first kappa shape index (κ1) is 14.2. The van der Waals surface area contributed by atoms with Gasteiger partial charge in [-0.05, 0) is 49.0 Å². The van der Waals surface area contributed by atoms with E-state index in [-0.39, 0.29) is 0 Å². The lowest BCUT2D eigenvalue weighted by atomic mass is 10.1.